The number of aromatic nitrogens is 1. The lowest BCUT2D eigenvalue weighted by atomic mass is 10.0. The second-order valence-electron chi connectivity index (χ2n) is 4.19. The van der Waals surface area contributed by atoms with Crippen molar-refractivity contribution < 1.29 is 27.4 Å². The molecule has 0 unspecified atom stereocenters. The number of ether oxygens (including phenoxy) is 2. The van der Waals surface area contributed by atoms with Crippen LogP contribution in [0.2, 0.25) is 0 Å². The molecule has 0 fully saturated rings. The Balaban J connectivity index is 2.46. The van der Waals surface area contributed by atoms with E-state index in [1.54, 1.807) is 0 Å². The topological polar surface area (TPSA) is 48.4 Å². The fourth-order valence-electron chi connectivity index (χ4n) is 1.87. The van der Waals surface area contributed by atoms with Crippen molar-refractivity contribution >= 4 is 11.5 Å². The van der Waals surface area contributed by atoms with Gasteiger partial charge in [0, 0.05) is 11.6 Å². The Hall–Kier alpha value is -2.05. The SMILES string of the molecule is COC(=O)C=C1CCCOc2nc(C(F)(F)F)ccc21. The van der Waals surface area contributed by atoms with Gasteiger partial charge in [0.05, 0.1) is 13.7 Å². The van der Waals surface area contributed by atoms with E-state index in [1.165, 1.54) is 19.3 Å². The Morgan fingerprint density at radius 2 is 2.20 bits per heavy atom. The van der Waals surface area contributed by atoms with Crippen LogP contribution in [0, 0.1) is 0 Å². The van der Waals surface area contributed by atoms with Crippen LogP contribution in [0.1, 0.15) is 24.1 Å². The van der Waals surface area contributed by atoms with E-state index in [4.69, 9.17) is 4.74 Å². The largest absolute Gasteiger partial charge is 0.477 e. The molecule has 20 heavy (non-hydrogen) atoms. The van der Waals surface area contributed by atoms with E-state index >= 15 is 0 Å². The van der Waals surface area contributed by atoms with Gasteiger partial charge in [0.1, 0.15) is 5.69 Å². The molecule has 1 aromatic rings. The van der Waals surface area contributed by atoms with E-state index in [1.807, 2.05) is 0 Å². The monoisotopic (exact) mass is 287 g/mol. The van der Waals surface area contributed by atoms with E-state index in [9.17, 15) is 18.0 Å². The maximum atomic E-state index is 12.6. The number of pyridine rings is 1. The van der Waals surface area contributed by atoms with Gasteiger partial charge in [-0.1, -0.05) is 0 Å². The van der Waals surface area contributed by atoms with E-state index < -0.39 is 17.8 Å². The number of nitrogens with zero attached hydrogens (tertiary/aromatic N) is 1. The van der Waals surface area contributed by atoms with E-state index in [2.05, 4.69) is 9.72 Å². The van der Waals surface area contributed by atoms with Crippen LogP contribution in [0.4, 0.5) is 13.2 Å². The summed E-state index contributed by atoms with van der Waals surface area (Å²) in [6.45, 7) is 0.250. The highest BCUT2D eigenvalue weighted by Gasteiger charge is 2.33. The molecule has 0 N–H and O–H groups in total. The lowest BCUT2D eigenvalue weighted by molar-refractivity contribution is -0.141. The molecule has 0 amide bonds. The standard InChI is InChI=1S/C13H12F3NO3/c1-19-11(18)7-8-3-2-6-20-12-9(8)4-5-10(17-12)13(14,15)16/h4-5,7H,2-3,6H2,1H3. The van der Waals surface area contributed by atoms with Gasteiger partial charge in [0.15, 0.2) is 0 Å². The number of carbonyl (C=O) groups excluding carboxylic acids is 1. The Bertz CT molecular complexity index is 552. The van der Waals surface area contributed by atoms with Crippen LogP contribution in [0.3, 0.4) is 0 Å². The Labute approximate surface area is 113 Å². The first-order valence-electron chi connectivity index (χ1n) is 5.92. The van der Waals surface area contributed by atoms with Gasteiger partial charge in [-0.3, -0.25) is 0 Å². The molecule has 0 aromatic carbocycles. The number of allylic oxidation sites excluding steroid dienone is 1. The summed E-state index contributed by atoms with van der Waals surface area (Å²) in [5.41, 5.74) is -0.0676. The van der Waals surface area contributed by atoms with E-state index in [0.717, 1.165) is 6.07 Å². The summed E-state index contributed by atoms with van der Waals surface area (Å²) in [6, 6.07) is 2.14. The molecule has 2 heterocycles. The van der Waals surface area contributed by atoms with Crippen LogP contribution in [0.25, 0.3) is 5.57 Å². The average Bonchev–Trinajstić information content (AvgIpc) is 2.59. The lowest BCUT2D eigenvalue weighted by Crippen LogP contribution is -2.10. The fourth-order valence-corrected chi connectivity index (χ4v) is 1.87. The summed E-state index contributed by atoms with van der Waals surface area (Å²) >= 11 is 0. The third-order valence-corrected chi connectivity index (χ3v) is 2.82. The predicted octanol–water partition coefficient (Wildman–Crippen LogP) is 2.83. The number of carbonyl (C=O) groups is 1. The van der Waals surface area contributed by atoms with Crippen molar-refractivity contribution in [3.05, 3.63) is 29.5 Å². The minimum Gasteiger partial charge on any atom is -0.477 e. The van der Waals surface area contributed by atoms with Crippen molar-refractivity contribution in [1.29, 1.82) is 0 Å². The molecule has 0 saturated carbocycles. The highest BCUT2D eigenvalue weighted by atomic mass is 19.4. The maximum absolute atomic E-state index is 12.6. The molecule has 0 bridgehead atoms. The Morgan fingerprint density at radius 1 is 1.45 bits per heavy atom. The highest BCUT2D eigenvalue weighted by molar-refractivity contribution is 5.92. The maximum Gasteiger partial charge on any atom is 0.433 e. The molecule has 2 rings (SSSR count). The second-order valence-corrected chi connectivity index (χ2v) is 4.19. The van der Waals surface area contributed by atoms with Gasteiger partial charge in [-0.15, -0.1) is 0 Å². The van der Waals surface area contributed by atoms with Crippen LogP contribution in [0.5, 0.6) is 5.88 Å². The molecule has 108 valence electrons. The first-order chi connectivity index (χ1) is 9.41. The summed E-state index contributed by atoms with van der Waals surface area (Å²) in [4.78, 5) is 14.8. The van der Waals surface area contributed by atoms with Gasteiger partial charge in [-0.2, -0.15) is 13.2 Å². The summed E-state index contributed by atoms with van der Waals surface area (Å²) < 4.78 is 47.6. The molecule has 1 aromatic heterocycles. The fraction of sp³-hybridized carbons (Fsp3) is 0.385. The summed E-state index contributed by atoms with van der Waals surface area (Å²) in [5, 5.41) is 0. The molecule has 0 saturated heterocycles. The number of methoxy groups -OCH3 is 1. The van der Waals surface area contributed by atoms with Crippen LogP contribution in [-0.2, 0) is 15.7 Å². The number of hydrogen-bond acceptors (Lipinski definition) is 4. The van der Waals surface area contributed by atoms with E-state index in [0.29, 0.717) is 24.0 Å². The number of esters is 1. The smallest absolute Gasteiger partial charge is 0.433 e. The summed E-state index contributed by atoms with van der Waals surface area (Å²) in [5.74, 6) is -0.666. The molecule has 4 nitrogen and oxygen atoms in total. The molecule has 0 radical (unpaired) electrons. The van der Waals surface area contributed by atoms with Gasteiger partial charge in [0.25, 0.3) is 0 Å². The number of alkyl halides is 3. The molecule has 0 spiro atoms. The van der Waals surface area contributed by atoms with Gasteiger partial charge >= 0.3 is 12.1 Å². The molecule has 1 aliphatic rings. The quantitative estimate of drug-likeness (QED) is 0.588. The van der Waals surface area contributed by atoms with Crippen molar-refractivity contribution in [2.75, 3.05) is 13.7 Å². The first-order valence-corrected chi connectivity index (χ1v) is 5.92. The van der Waals surface area contributed by atoms with Crippen LogP contribution in [0.15, 0.2) is 18.2 Å². The van der Waals surface area contributed by atoms with Crippen molar-refractivity contribution in [3.8, 4) is 5.88 Å². The third-order valence-electron chi connectivity index (χ3n) is 2.82. The van der Waals surface area contributed by atoms with Crippen LogP contribution in [-0.4, -0.2) is 24.7 Å². The molecular formula is C13H12F3NO3. The van der Waals surface area contributed by atoms with Gasteiger partial charge in [-0.25, -0.2) is 9.78 Å². The zero-order valence-electron chi connectivity index (χ0n) is 10.7. The molecular weight excluding hydrogens is 275 g/mol. The van der Waals surface area contributed by atoms with Crippen molar-refractivity contribution in [2.24, 2.45) is 0 Å². The van der Waals surface area contributed by atoms with Gasteiger partial charge in [0.2, 0.25) is 5.88 Å². The predicted molar refractivity (Wildman–Crippen MR) is 64.0 cm³/mol. The molecule has 7 heteroatoms. The van der Waals surface area contributed by atoms with Gasteiger partial charge in [-0.05, 0) is 30.5 Å². The zero-order valence-corrected chi connectivity index (χ0v) is 10.7. The minimum absolute atomic E-state index is 0.104. The van der Waals surface area contributed by atoms with Crippen LogP contribution < -0.4 is 4.74 Å². The first kappa shape index (κ1) is 14.4. The minimum atomic E-state index is -4.53. The summed E-state index contributed by atoms with van der Waals surface area (Å²) in [6.07, 6.45) is -2.19. The van der Waals surface area contributed by atoms with Crippen molar-refractivity contribution in [2.45, 2.75) is 19.0 Å². The second kappa shape index (κ2) is 5.52. The zero-order chi connectivity index (χ0) is 14.8. The molecule has 0 atom stereocenters. The average molecular weight is 287 g/mol. The van der Waals surface area contributed by atoms with Crippen LogP contribution >= 0.6 is 0 Å². The Morgan fingerprint density at radius 3 is 2.85 bits per heavy atom. The molecule has 1 aliphatic heterocycles. The van der Waals surface area contributed by atoms with Gasteiger partial charge < -0.3 is 9.47 Å². The highest BCUT2D eigenvalue weighted by Crippen LogP contribution is 2.35. The number of halogens is 3. The normalized spacial score (nSPS) is 17.1. The third kappa shape index (κ3) is 3.09. The van der Waals surface area contributed by atoms with Crippen molar-refractivity contribution in [1.82, 2.24) is 4.98 Å². The molecule has 0 aliphatic carbocycles. The number of hydrogen-bond donors (Lipinski definition) is 0. The number of fused-ring (bicyclic) bond motifs is 1. The Kier molecular flexibility index (Phi) is 3.96. The van der Waals surface area contributed by atoms with E-state index in [-0.39, 0.29) is 12.5 Å². The summed E-state index contributed by atoms with van der Waals surface area (Å²) in [7, 11) is 1.23. The number of rotatable bonds is 1. The van der Waals surface area contributed by atoms with Crippen molar-refractivity contribution in [3.63, 3.8) is 0 Å². The lowest BCUT2D eigenvalue weighted by Gasteiger charge is -2.11.